The number of amides is 1. The summed E-state index contributed by atoms with van der Waals surface area (Å²) in [6.45, 7) is 3.19. The van der Waals surface area contributed by atoms with Crippen LogP contribution in [0.5, 0.6) is 0 Å². The van der Waals surface area contributed by atoms with Gasteiger partial charge in [0.15, 0.2) is 0 Å². The molecule has 3 nitrogen and oxygen atoms in total. The van der Waals surface area contributed by atoms with Crippen LogP contribution in [0.2, 0.25) is 0 Å². The van der Waals surface area contributed by atoms with E-state index in [0.717, 1.165) is 32.2 Å². The van der Waals surface area contributed by atoms with Crippen LogP contribution in [-0.2, 0) is 10.2 Å². The van der Waals surface area contributed by atoms with Crippen molar-refractivity contribution < 1.29 is 4.79 Å². The molecule has 4 heteroatoms. The molecule has 20 heavy (non-hydrogen) atoms. The number of piperidine rings is 1. The summed E-state index contributed by atoms with van der Waals surface area (Å²) in [5.41, 5.74) is 0.949. The quantitative estimate of drug-likeness (QED) is 0.899. The minimum absolute atomic E-state index is 0. The Bertz CT molecular complexity index is 459. The van der Waals surface area contributed by atoms with Crippen molar-refractivity contribution in [3.05, 3.63) is 35.9 Å². The van der Waals surface area contributed by atoms with Crippen molar-refractivity contribution in [2.75, 3.05) is 6.54 Å². The predicted octanol–water partition coefficient (Wildman–Crippen LogP) is 2.40. The van der Waals surface area contributed by atoms with Crippen molar-refractivity contribution in [1.29, 1.82) is 0 Å². The first-order chi connectivity index (χ1) is 9.21. The third-order valence-corrected chi connectivity index (χ3v) is 4.47. The molecule has 1 heterocycles. The zero-order valence-corrected chi connectivity index (χ0v) is 12.7. The Hall–Kier alpha value is -1.06. The molecule has 1 aromatic carbocycles. The molecule has 2 N–H and O–H groups in total. The molecule has 110 valence electrons. The number of hydrogen-bond donors (Lipinski definition) is 2. The maximum Gasteiger partial charge on any atom is 0.230 e. The van der Waals surface area contributed by atoms with Crippen LogP contribution in [0.25, 0.3) is 0 Å². The van der Waals surface area contributed by atoms with Gasteiger partial charge >= 0.3 is 0 Å². The fourth-order valence-electron chi connectivity index (χ4n) is 3.12. The topological polar surface area (TPSA) is 41.1 Å². The molecule has 1 amide bonds. The van der Waals surface area contributed by atoms with Crippen molar-refractivity contribution in [3.63, 3.8) is 0 Å². The summed E-state index contributed by atoms with van der Waals surface area (Å²) in [7, 11) is 0. The number of carbonyl (C=O) groups excluding carboxylic acids is 1. The van der Waals surface area contributed by atoms with E-state index in [4.69, 9.17) is 0 Å². The third-order valence-electron chi connectivity index (χ3n) is 4.47. The SMILES string of the molecule is CC1CC(NC(=O)C2(c3ccccc3)CC2)CCN1.Cl. The number of nitrogens with one attached hydrogen (secondary N) is 2. The minimum atomic E-state index is -0.227. The maximum absolute atomic E-state index is 12.6. The van der Waals surface area contributed by atoms with Crippen LogP contribution in [0, 0.1) is 0 Å². The second kappa shape index (κ2) is 6.15. The smallest absolute Gasteiger partial charge is 0.230 e. The van der Waals surface area contributed by atoms with Gasteiger partial charge in [0.1, 0.15) is 0 Å². The number of rotatable bonds is 3. The summed E-state index contributed by atoms with van der Waals surface area (Å²) in [4.78, 5) is 12.6. The van der Waals surface area contributed by atoms with E-state index < -0.39 is 0 Å². The van der Waals surface area contributed by atoms with Gasteiger partial charge in [0, 0.05) is 12.1 Å². The van der Waals surface area contributed by atoms with Crippen LogP contribution in [0.4, 0.5) is 0 Å². The van der Waals surface area contributed by atoms with E-state index in [0.29, 0.717) is 12.1 Å². The number of hydrogen-bond acceptors (Lipinski definition) is 2. The molecule has 0 spiro atoms. The fourth-order valence-corrected chi connectivity index (χ4v) is 3.12. The van der Waals surface area contributed by atoms with Crippen molar-refractivity contribution in [3.8, 4) is 0 Å². The van der Waals surface area contributed by atoms with Gasteiger partial charge in [0.05, 0.1) is 5.41 Å². The second-order valence-electron chi connectivity index (χ2n) is 6.00. The van der Waals surface area contributed by atoms with Gasteiger partial charge in [0.25, 0.3) is 0 Å². The van der Waals surface area contributed by atoms with E-state index in [1.807, 2.05) is 18.2 Å². The van der Waals surface area contributed by atoms with Crippen LogP contribution in [-0.4, -0.2) is 24.5 Å². The molecule has 2 aliphatic rings. The lowest BCUT2D eigenvalue weighted by Crippen LogP contribution is -2.49. The normalized spacial score (nSPS) is 27.2. The number of carbonyl (C=O) groups is 1. The zero-order chi connectivity index (χ0) is 13.3. The molecule has 1 aliphatic carbocycles. The van der Waals surface area contributed by atoms with Gasteiger partial charge in [0.2, 0.25) is 5.91 Å². The fraction of sp³-hybridized carbons (Fsp3) is 0.562. The molecule has 0 radical (unpaired) electrons. The molecule has 3 rings (SSSR count). The largest absolute Gasteiger partial charge is 0.352 e. The van der Waals surface area contributed by atoms with E-state index >= 15 is 0 Å². The summed E-state index contributed by atoms with van der Waals surface area (Å²) >= 11 is 0. The van der Waals surface area contributed by atoms with Gasteiger partial charge < -0.3 is 10.6 Å². The standard InChI is InChI=1S/C16H22N2O.ClH/c1-12-11-14(7-10-17-12)18-15(19)16(8-9-16)13-5-3-2-4-6-13;/h2-6,12,14,17H,7-11H2,1H3,(H,18,19);1H. The molecule has 1 aromatic rings. The van der Waals surface area contributed by atoms with Gasteiger partial charge in [-0.05, 0) is 44.7 Å². The highest BCUT2D eigenvalue weighted by molar-refractivity contribution is 5.91. The Labute approximate surface area is 126 Å². The monoisotopic (exact) mass is 294 g/mol. The lowest BCUT2D eigenvalue weighted by Gasteiger charge is -2.30. The van der Waals surface area contributed by atoms with Crippen molar-refractivity contribution >= 4 is 18.3 Å². The van der Waals surface area contributed by atoms with Gasteiger partial charge in [-0.1, -0.05) is 30.3 Å². The van der Waals surface area contributed by atoms with Crippen molar-refractivity contribution in [2.45, 2.75) is 50.1 Å². The number of halogens is 1. The summed E-state index contributed by atoms with van der Waals surface area (Å²) in [5, 5.41) is 6.69. The second-order valence-corrected chi connectivity index (χ2v) is 6.00. The van der Waals surface area contributed by atoms with E-state index in [-0.39, 0.29) is 23.7 Å². The maximum atomic E-state index is 12.6. The van der Waals surface area contributed by atoms with Crippen LogP contribution in [0.1, 0.15) is 38.2 Å². The average molecular weight is 295 g/mol. The first kappa shape index (κ1) is 15.3. The Morgan fingerprint density at radius 3 is 2.60 bits per heavy atom. The summed E-state index contributed by atoms with van der Waals surface area (Å²) < 4.78 is 0. The molecular formula is C16H23ClN2O. The first-order valence-electron chi connectivity index (χ1n) is 7.30. The molecule has 0 aromatic heterocycles. The summed E-state index contributed by atoms with van der Waals surface area (Å²) in [6, 6.07) is 11.1. The Morgan fingerprint density at radius 2 is 2.00 bits per heavy atom. The van der Waals surface area contributed by atoms with Crippen molar-refractivity contribution in [1.82, 2.24) is 10.6 Å². The highest BCUT2D eigenvalue weighted by atomic mass is 35.5. The minimum Gasteiger partial charge on any atom is -0.352 e. The molecule has 1 aliphatic heterocycles. The molecule has 1 saturated carbocycles. The van der Waals surface area contributed by atoms with Crippen LogP contribution >= 0.6 is 12.4 Å². The number of benzene rings is 1. The van der Waals surface area contributed by atoms with Crippen LogP contribution in [0.3, 0.4) is 0 Å². The summed E-state index contributed by atoms with van der Waals surface area (Å²) in [5.74, 6) is 0.234. The first-order valence-corrected chi connectivity index (χ1v) is 7.30. The van der Waals surface area contributed by atoms with Gasteiger partial charge in [-0.2, -0.15) is 0 Å². The van der Waals surface area contributed by atoms with Crippen LogP contribution in [0.15, 0.2) is 30.3 Å². The predicted molar refractivity (Wildman–Crippen MR) is 83.2 cm³/mol. The summed E-state index contributed by atoms with van der Waals surface area (Å²) in [6.07, 6.45) is 4.06. The van der Waals surface area contributed by atoms with Gasteiger partial charge in [-0.3, -0.25) is 4.79 Å². The highest BCUT2D eigenvalue weighted by Gasteiger charge is 2.51. The van der Waals surface area contributed by atoms with Gasteiger partial charge in [-0.25, -0.2) is 0 Å². The molecular weight excluding hydrogens is 272 g/mol. The molecule has 2 fully saturated rings. The zero-order valence-electron chi connectivity index (χ0n) is 11.9. The average Bonchev–Trinajstić information content (AvgIpc) is 3.21. The third kappa shape index (κ3) is 2.99. The molecule has 0 bridgehead atoms. The lowest BCUT2D eigenvalue weighted by atomic mass is 9.93. The lowest BCUT2D eigenvalue weighted by molar-refractivity contribution is -0.124. The molecule has 2 atom stereocenters. The van der Waals surface area contributed by atoms with E-state index in [1.165, 1.54) is 5.56 Å². The Balaban J connectivity index is 0.00000147. The van der Waals surface area contributed by atoms with Crippen LogP contribution < -0.4 is 10.6 Å². The van der Waals surface area contributed by atoms with Gasteiger partial charge in [-0.15, -0.1) is 12.4 Å². The van der Waals surface area contributed by atoms with E-state index in [1.54, 1.807) is 0 Å². The van der Waals surface area contributed by atoms with Crippen molar-refractivity contribution in [2.24, 2.45) is 0 Å². The van der Waals surface area contributed by atoms with E-state index in [2.05, 4.69) is 29.7 Å². The Morgan fingerprint density at radius 1 is 1.30 bits per heavy atom. The van der Waals surface area contributed by atoms with E-state index in [9.17, 15) is 4.79 Å². The Kier molecular flexibility index (Phi) is 4.71. The molecule has 2 unspecified atom stereocenters. The molecule has 1 saturated heterocycles. The highest BCUT2D eigenvalue weighted by Crippen LogP contribution is 2.48.